The molecular weight excluding hydrogens is 206 g/mol. The SMILES string of the molecule is O=C(c1ccco1)N(CCO)C1CCCC1. The summed E-state index contributed by atoms with van der Waals surface area (Å²) >= 11 is 0. The molecule has 4 nitrogen and oxygen atoms in total. The zero-order valence-electron chi connectivity index (χ0n) is 9.26. The topological polar surface area (TPSA) is 53.7 Å². The average molecular weight is 223 g/mol. The van der Waals surface area contributed by atoms with Crippen molar-refractivity contribution in [3.8, 4) is 0 Å². The van der Waals surface area contributed by atoms with Gasteiger partial charge >= 0.3 is 0 Å². The van der Waals surface area contributed by atoms with Gasteiger partial charge in [-0.2, -0.15) is 0 Å². The van der Waals surface area contributed by atoms with Crippen LogP contribution in [-0.2, 0) is 0 Å². The highest BCUT2D eigenvalue weighted by molar-refractivity contribution is 5.91. The smallest absolute Gasteiger partial charge is 0.289 e. The van der Waals surface area contributed by atoms with Crippen LogP contribution in [0.25, 0.3) is 0 Å². The second-order valence-corrected chi connectivity index (χ2v) is 4.14. The fourth-order valence-electron chi connectivity index (χ4n) is 2.32. The highest BCUT2D eigenvalue weighted by Crippen LogP contribution is 2.24. The third-order valence-corrected chi connectivity index (χ3v) is 3.10. The van der Waals surface area contributed by atoms with Crippen molar-refractivity contribution in [3.63, 3.8) is 0 Å². The van der Waals surface area contributed by atoms with Crippen molar-refractivity contribution in [3.05, 3.63) is 24.2 Å². The number of aliphatic hydroxyl groups is 1. The van der Waals surface area contributed by atoms with Gasteiger partial charge in [-0.3, -0.25) is 4.79 Å². The molecule has 0 spiro atoms. The molecular formula is C12H17NO3. The van der Waals surface area contributed by atoms with Gasteiger partial charge < -0.3 is 14.4 Å². The minimum atomic E-state index is -0.106. The van der Waals surface area contributed by atoms with E-state index in [9.17, 15) is 4.79 Å². The van der Waals surface area contributed by atoms with Gasteiger partial charge in [-0.05, 0) is 25.0 Å². The molecule has 0 aliphatic heterocycles. The van der Waals surface area contributed by atoms with Crippen molar-refractivity contribution in [2.24, 2.45) is 0 Å². The number of amides is 1. The summed E-state index contributed by atoms with van der Waals surface area (Å²) < 4.78 is 5.11. The molecule has 2 rings (SSSR count). The van der Waals surface area contributed by atoms with Crippen LogP contribution in [0, 0.1) is 0 Å². The maximum Gasteiger partial charge on any atom is 0.289 e. The number of carbonyl (C=O) groups is 1. The van der Waals surface area contributed by atoms with Gasteiger partial charge in [0.2, 0.25) is 0 Å². The van der Waals surface area contributed by atoms with Crippen molar-refractivity contribution in [1.82, 2.24) is 4.90 Å². The highest BCUT2D eigenvalue weighted by atomic mass is 16.3. The van der Waals surface area contributed by atoms with Crippen molar-refractivity contribution in [2.75, 3.05) is 13.2 Å². The van der Waals surface area contributed by atoms with Gasteiger partial charge in [0.1, 0.15) is 0 Å². The normalized spacial score (nSPS) is 16.6. The Hall–Kier alpha value is -1.29. The van der Waals surface area contributed by atoms with E-state index in [1.54, 1.807) is 17.0 Å². The van der Waals surface area contributed by atoms with Crippen LogP contribution in [0.3, 0.4) is 0 Å². The molecule has 0 bridgehead atoms. The number of carbonyl (C=O) groups excluding carboxylic acids is 1. The zero-order valence-corrected chi connectivity index (χ0v) is 9.26. The molecule has 1 aromatic heterocycles. The Kier molecular flexibility index (Phi) is 3.62. The molecule has 0 saturated heterocycles. The Bertz CT molecular complexity index is 328. The van der Waals surface area contributed by atoms with E-state index in [1.165, 1.54) is 6.26 Å². The number of nitrogens with zero attached hydrogens (tertiary/aromatic N) is 1. The minimum absolute atomic E-state index is 0.00293. The number of hydrogen-bond donors (Lipinski definition) is 1. The summed E-state index contributed by atoms with van der Waals surface area (Å²) in [4.78, 5) is 13.8. The van der Waals surface area contributed by atoms with Gasteiger partial charge in [0.05, 0.1) is 12.9 Å². The molecule has 1 amide bonds. The molecule has 1 N–H and O–H groups in total. The number of furan rings is 1. The molecule has 1 aliphatic carbocycles. The molecule has 1 heterocycles. The monoisotopic (exact) mass is 223 g/mol. The Balaban J connectivity index is 2.09. The molecule has 0 unspecified atom stereocenters. The van der Waals surface area contributed by atoms with E-state index in [2.05, 4.69) is 0 Å². The molecule has 0 radical (unpaired) electrons. The number of rotatable bonds is 4. The van der Waals surface area contributed by atoms with E-state index in [-0.39, 0.29) is 18.6 Å². The second-order valence-electron chi connectivity index (χ2n) is 4.14. The number of hydrogen-bond acceptors (Lipinski definition) is 3. The Morgan fingerprint density at radius 1 is 1.50 bits per heavy atom. The summed E-state index contributed by atoms with van der Waals surface area (Å²) in [5.41, 5.74) is 0. The molecule has 88 valence electrons. The average Bonchev–Trinajstić information content (AvgIpc) is 2.96. The van der Waals surface area contributed by atoms with Crippen molar-refractivity contribution in [1.29, 1.82) is 0 Å². The van der Waals surface area contributed by atoms with Gasteiger partial charge in [0, 0.05) is 12.6 Å². The van der Waals surface area contributed by atoms with E-state index in [0.717, 1.165) is 25.7 Å². The third kappa shape index (κ3) is 2.27. The predicted molar refractivity (Wildman–Crippen MR) is 59.1 cm³/mol. The summed E-state index contributed by atoms with van der Waals surface area (Å²) in [6.07, 6.45) is 5.90. The lowest BCUT2D eigenvalue weighted by Gasteiger charge is -2.27. The van der Waals surface area contributed by atoms with Crippen LogP contribution in [0.1, 0.15) is 36.2 Å². The number of aliphatic hydroxyl groups excluding tert-OH is 1. The Morgan fingerprint density at radius 3 is 2.81 bits per heavy atom. The largest absolute Gasteiger partial charge is 0.459 e. The van der Waals surface area contributed by atoms with Gasteiger partial charge in [-0.1, -0.05) is 12.8 Å². The molecule has 0 atom stereocenters. The lowest BCUT2D eigenvalue weighted by molar-refractivity contribution is 0.0606. The third-order valence-electron chi connectivity index (χ3n) is 3.10. The highest BCUT2D eigenvalue weighted by Gasteiger charge is 2.28. The first kappa shape index (κ1) is 11.2. The quantitative estimate of drug-likeness (QED) is 0.844. The van der Waals surface area contributed by atoms with Crippen LogP contribution in [-0.4, -0.2) is 35.1 Å². The zero-order chi connectivity index (χ0) is 11.4. The molecule has 4 heteroatoms. The Labute approximate surface area is 94.9 Å². The lowest BCUT2D eigenvalue weighted by Crippen LogP contribution is -2.40. The van der Waals surface area contributed by atoms with Crippen molar-refractivity contribution < 1.29 is 14.3 Å². The summed E-state index contributed by atoms with van der Waals surface area (Å²) in [5.74, 6) is 0.256. The molecule has 1 saturated carbocycles. The molecule has 1 aliphatic rings. The first-order valence-corrected chi connectivity index (χ1v) is 5.78. The standard InChI is InChI=1S/C12H17NO3/c14-8-7-13(10-4-1-2-5-10)12(15)11-6-3-9-16-11/h3,6,9-10,14H,1-2,4-5,7-8H2. The maximum atomic E-state index is 12.1. The summed E-state index contributed by atoms with van der Waals surface area (Å²) in [5, 5.41) is 9.02. The first-order valence-electron chi connectivity index (χ1n) is 5.78. The molecule has 0 aromatic carbocycles. The van der Waals surface area contributed by atoms with Crippen LogP contribution in [0.5, 0.6) is 0 Å². The minimum Gasteiger partial charge on any atom is -0.459 e. The maximum absolute atomic E-state index is 12.1. The van der Waals surface area contributed by atoms with Crippen LogP contribution < -0.4 is 0 Å². The van der Waals surface area contributed by atoms with Gasteiger partial charge in [-0.25, -0.2) is 0 Å². The van der Waals surface area contributed by atoms with Gasteiger partial charge in [-0.15, -0.1) is 0 Å². The van der Waals surface area contributed by atoms with Crippen LogP contribution >= 0.6 is 0 Å². The van der Waals surface area contributed by atoms with Crippen molar-refractivity contribution >= 4 is 5.91 Å². The van der Waals surface area contributed by atoms with Gasteiger partial charge in [0.15, 0.2) is 5.76 Å². The second kappa shape index (κ2) is 5.16. The van der Waals surface area contributed by atoms with E-state index in [0.29, 0.717) is 12.3 Å². The van der Waals surface area contributed by atoms with Crippen LogP contribution in [0.15, 0.2) is 22.8 Å². The summed E-state index contributed by atoms with van der Waals surface area (Å²) in [7, 11) is 0. The van der Waals surface area contributed by atoms with E-state index in [1.807, 2.05) is 0 Å². The van der Waals surface area contributed by atoms with Crippen molar-refractivity contribution in [2.45, 2.75) is 31.7 Å². The van der Waals surface area contributed by atoms with E-state index >= 15 is 0 Å². The van der Waals surface area contributed by atoms with Crippen LogP contribution in [0.2, 0.25) is 0 Å². The molecule has 1 fully saturated rings. The van der Waals surface area contributed by atoms with E-state index < -0.39 is 0 Å². The van der Waals surface area contributed by atoms with Gasteiger partial charge in [0.25, 0.3) is 5.91 Å². The predicted octanol–water partition coefficient (Wildman–Crippen LogP) is 1.66. The first-order chi connectivity index (χ1) is 7.83. The molecule has 16 heavy (non-hydrogen) atoms. The summed E-state index contributed by atoms with van der Waals surface area (Å²) in [6.45, 7) is 0.396. The van der Waals surface area contributed by atoms with E-state index in [4.69, 9.17) is 9.52 Å². The fraction of sp³-hybridized carbons (Fsp3) is 0.583. The fourth-order valence-corrected chi connectivity index (χ4v) is 2.32. The van der Waals surface area contributed by atoms with Crippen LogP contribution in [0.4, 0.5) is 0 Å². The lowest BCUT2D eigenvalue weighted by atomic mass is 10.2. The summed E-state index contributed by atoms with van der Waals surface area (Å²) in [6, 6.07) is 3.64. The molecule has 1 aromatic rings. The Morgan fingerprint density at radius 2 is 2.25 bits per heavy atom.